The number of anilines is 1. The summed E-state index contributed by atoms with van der Waals surface area (Å²) in [6.45, 7) is 7.08. The maximum atomic E-state index is 13.0. The number of carbonyl (C=O) groups is 2. The van der Waals surface area contributed by atoms with Gasteiger partial charge in [0.15, 0.2) is 0 Å². The van der Waals surface area contributed by atoms with Crippen molar-refractivity contribution in [1.29, 1.82) is 0 Å². The van der Waals surface area contributed by atoms with Crippen LogP contribution < -0.4 is 5.32 Å². The van der Waals surface area contributed by atoms with Gasteiger partial charge in [0.1, 0.15) is 0 Å². The molecule has 1 aliphatic rings. The second-order valence-corrected chi connectivity index (χ2v) is 9.27. The predicted molar refractivity (Wildman–Crippen MR) is 129 cm³/mol. The van der Waals surface area contributed by atoms with Crippen molar-refractivity contribution in [2.45, 2.75) is 33.6 Å². The number of amides is 2. The first-order valence-electron chi connectivity index (χ1n) is 10.8. The lowest BCUT2D eigenvalue weighted by atomic mass is 9.95. The zero-order valence-electron chi connectivity index (χ0n) is 18.6. The molecule has 166 valence electrons. The van der Waals surface area contributed by atoms with Gasteiger partial charge in [0.05, 0.1) is 22.8 Å². The number of aromatic nitrogens is 2. The molecule has 32 heavy (non-hydrogen) atoms. The Morgan fingerprint density at radius 1 is 0.969 bits per heavy atom. The van der Waals surface area contributed by atoms with Crippen LogP contribution in [0.1, 0.15) is 40.2 Å². The number of hydrogen-bond acceptors (Lipinski definition) is 3. The average molecular weight is 495 g/mol. The highest BCUT2D eigenvalue weighted by Gasteiger charge is 2.29. The van der Waals surface area contributed by atoms with Gasteiger partial charge in [0, 0.05) is 29.0 Å². The fourth-order valence-electron chi connectivity index (χ4n) is 4.11. The quantitative estimate of drug-likeness (QED) is 0.551. The Bertz CT molecular complexity index is 1130. The molecule has 4 rings (SSSR count). The van der Waals surface area contributed by atoms with Crippen molar-refractivity contribution in [3.63, 3.8) is 0 Å². The first-order chi connectivity index (χ1) is 15.3. The summed E-state index contributed by atoms with van der Waals surface area (Å²) in [5.74, 6) is -0.108. The molecule has 0 spiro atoms. The highest BCUT2D eigenvalue weighted by atomic mass is 79.9. The van der Waals surface area contributed by atoms with Crippen molar-refractivity contribution < 1.29 is 9.59 Å². The summed E-state index contributed by atoms with van der Waals surface area (Å²) < 4.78 is 2.81. The molecule has 2 amide bonds. The van der Waals surface area contributed by atoms with Crippen molar-refractivity contribution in [3.05, 3.63) is 75.5 Å². The Balaban J connectivity index is 1.39. The van der Waals surface area contributed by atoms with Gasteiger partial charge in [-0.05, 0) is 70.0 Å². The van der Waals surface area contributed by atoms with Crippen molar-refractivity contribution >= 4 is 33.4 Å². The van der Waals surface area contributed by atoms with Crippen LogP contribution in [0, 0.1) is 26.7 Å². The summed E-state index contributed by atoms with van der Waals surface area (Å²) in [6.07, 6.45) is 1.30. The zero-order valence-corrected chi connectivity index (χ0v) is 20.1. The third-order valence-electron chi connectivity index (χ3n) is 6.06. The molecule has 1 aromatic heterocycles. The zero-order chi connectivity index (χ0) is 22.8. The van der Waals surface area contributed by atoms with Crippen LogP contribution in [0.2, 0.25) is 0 Å². The number of likely N-dealkylation sites (tertiary alicyclic amines) is 1. The molecular formula is C25H27BrN4O2. The molecule has 0 unspecified atom stereocenters. The van der Waals surface area contributed by atoms with Crippen LogP contribution in [0.4, 0.5) is 5.69 Å². The van der Waals surface area contributed by atoms with Crippen molar-refractivity contribution in [2.75, 3.05) is 18.4 Å². The maximum absolute atomic E-state index is 13.0. The molecule has 6 nitrogen and oxygen atoms in total. The minimum atomic E-state index is -0.120. The maximum Gasteiger partial charge on any atom is 0.253 e. The molecule has 1 aliphatic heterocycles. The van der Waals surface area contributed by atoms with E-state index in [1.165, 1.54) is 5.56 Å². The summed E-state index contributed by atoms with van der Waals surface area (Å²) in [7, 11) is 0. The Morgan fingerprint density at radius 3 is 2.22 bits per heavy atom. The second kappa shape index (κ2) is 9.28. The van der Waals surface area contributed by atoms with Crippen LogP contribution in [-0.2, 0) is 4.79 Å². The summed E-state index contributed by atoms with van der Waals surface area (Å²) >= 11 is 3.39. The monoisotopic (exact) mass is 494 g/mol. The largest absolute Gasteiger partial charge is 0.339 e. The van der Waals surface area contributed by atoms with Gasteiger partial charge in [0.2, 0.25) is 5.91 Å². The first-order valence-corrected chi connectivity index (χ1v) is 11.6. The molecular weight excluding hydrogens is 468 g/mol. The van der Waals surface area contributed by atoms with Gasteiger partial charge in [0.25, 0.3) is 5.91 Å². The lowest BCUT2D eigenvalue weighted by Crippen LogP contribution is -2.41. The van der Waals surface area contributed by atoms with Gasteiger partial charge in [-0.25, -0.2) is 4.68 Å². The van der Waals surface area contributed by atoms with Crippen LogP contribution in [0.3, 0.4) is 0 Å². The Morgan fingerprint density at radius 2 is 1.59 bits per heavy atom. The molecule has 1 saturated heterocycles. The van der Waals surface area contributed by atoms with E-state index in [0.717, 1.165) is 27.2 Å². The predicted octanol–water partition coefficient (Wildman–Crippen LogP) is 5.05. The molecule has 2 heterocycles. The standard InChI is InChI=1S/C25H27BrN4O2/c1-16-4-10-22(11-5-16)30-18(3)23(17(2)28-30)27-24(31)19-12-14-29(15-13-19)25(32)20-6-8-21(26)9-7-20/h4-11,19H,12-15H2,1-3H3,(H,27,31). The topological polar surface area (TPSA) is 67.2 Å². The summed E-state index contributed by atoms with van der Waals surface area (Å²) in [5.41, 5.74) is 5.29. The molecule has 0 atom stereocenters. The lowest BCUT2D eigenvalue weighted by molar-refractivity contribution is -0.121. The SMILES string of the molecule is Cc1ccc(-n2nc(C)c(NC(=O)C3CCN(C(=O)c4ccc(Br)cc4)CC3)c2C)cc1. The Hall–Kier alpha value is -2.93. The van der Waals surface area contributed by atoms with E-state index < -0.39 is 0 Å². The molecule has 3 aromatic rings. The Labute approximate surface area is 196 Å². The number of nitrogens with zero attached hydrogens (tertiary/aromatic N) is 3. The number of rotatable bonds is 4. The number of halogens is 1. The molecule has 0 aliphatic carbocycles. The number of hydrogen-bond donors (Lipinski definition) is 1. The van der Waals surface area contributed by atoms with E-state index >= 15 is 0 Å². The van der Waals surface area contributed by atoms with Crippen molar-refractivity contribution in [1.82, 2.24) is 14.7 Å². The van der Waals surface area contributed by atoms with E-state index in [2.05, 4.69) is 26.3 Å². The van der Waals surface area contributed by atoms with Crippen LogP contribution in [0.15, 0.2) is 53.0 Å². The normalized spacial score (nSPS) is 14.4. The molecule has 0 radical (unpaired) electrons. The van der Waals surface area contributed by atoms with Crippen molar-refractivity contribution in [2.24, 2.45) is 5.92 Å². The van der Waals surface area contributed by atoms with Crippen LogP contribution >= 0.6 is 15.9 Å². The summed E-state index contributed by atoms with van der Waals surface area (Å²) in [5, 5.41) is 7.73. The molecule has 1 fully saturated rings. The van der Waals surface area contributed by atoms with E-state index in [4.69, 9.17) is 0 Å². The van der Waals surface area contributed by atoms with E-state index in [1.807, 2.05) is 78.9 Å². The van der Waals surface area contributed by atoms with E-state index in [1.54, 1.807) is 0 Å². The summed E-state index contributed by atoms with van der Waals surface area (Å²) in [4.78, 5) is 27.5. The van der Waals surface area contributed by atoms with Crippen LogP contribution in [0.25, 0.3) is 5.69 Å². The molecule has 0 bridgehead atoms. The third kappa shape index (κ3) is 4.63. The number of carbonyl (C=O) groups excluding carboxylic acids is 2. The number of nitrogens with one attached hydrogen (secondary N) is 1. The van der Waals surface area contributed by atoms with Gasteiger partial charge in [-0.1, -0.05) is 33.6 Å². The molecule has 2 aromatic carbocycles. The average Bonchev–Trinajstić information content (AvgIpc) is 3.08. The van der Waals surface area contributed by atoms with E-state index in [9.17, 15) is 9.59 Å². The number of benzene rings is 2. The number of piperidine rings is 1. The summed E-state index contributed by atoms with van der Waals surface area (Å²) in [6, 6.07) is 15.5. The highest BCUT2D eigenvalue weighted by molar-refractivity contribution is 9.10. The van der Waals surface area contributed by atoms with E-state index in [0.29, 0.717) is 31.5 Å². The molecule has 0 saturated carbocycles. The first kappa shape index (κ1) is 22.3. The van der Waals surface area contributed by atoms with Gasteiger partial charge >= 0.3 is 0 Å². The molecule has 7 heteroatoms. The number of aryl methyl sites for hydroxylation is 2. The van der Waals surface area contributed by atoms with Crippen LogP contribution in [0.5, 0.6) is 0 Å². The third-order valence-corrected chi connectivity index (χ3v) is 6.59. The van der Waals surface area contributed by atoms with Gasteiger partial charge in [-0.15, -0.1) is 0 Å². The smallest absolute Gasteiger partial charge is 0.253 e. The Kier molecular flexibility index (Phi) is 6.46. The van der Waals surface area contributed by atoms with Gasteiger partial charge in [-0.3, -0.25) is 9.59 Å². The molecule has 1 N–H and O–H groups in total. The van der Waals surface area contributed by atoms with Gasteiger partial charge < -0.3 is 10.2 Å². The van der Waals surface area contributed by atoms with Gasteiger partial charge in [-0.2, -0.15) is 5.10 Å². The minimum absolute atomic E-state index is 0.00426. The second-order valence-electron chi connectivity index (χ2n) is 8.36. The fourth-order valence-corrected chi connectivity index (χ4v) is 4.37. The lowest BCUT2D eigenvalue weighted by Gasteiger charge is -2.31. The van der Waals surface area contributed by atoms with E-state index in [-0.39, 0.29) is 17.7 Å². The van der Waals surface area contributed by atoms with Crippen LogP contribution in [-0.4, -0.2) is 39.6 Å². The highest BCUT2D eigenvalue weighted by Crippen LogP contribution is 2.26. The minimum Gasteiger partial charge on any atom is -0.339 e. The fraction of sp³-hybridized carbons (Fsp3) is 0.320. The van der Waals surface area contributed by atoms with Crippen molar-refractivity contribution in [3.8, 4) is 5.69 Å².